The van der Waals surface area contributed by atoms with E-state index < -0.39 is 0 Å². The van der Waals surface area contributed by atoms with E-state index in [4.69, 9.17) is 6.42 Å². The van der Waals surface area contributed by atoms with Crippen LogP contribution in [0.3, 0.4) is 0 Å². The second-order valence-corrected chi connectivity index (χ2v) is 3.36. The molecule has 0 aromatic carbocycles. The molecular weight excluding hydrogens is 164 g/mol. The van der Waals surface area contributed by atoms with Crippen molar-refractivity contribution >= 4 is 11.8 Å². The fraction of sp³-hybridized carbons (Fsp3) is 0.636. The highest BCUT2D eigenvalue weighted by atomic mass is 32.2. The SMILES string of the molecule is C#CCSC#CCCCCCC. The van der Waals surface area contributed by atoms with Crippen molar-refractivity contribution in [2.24, 2.45) is 0 Å². The maximum atomic E-state index is 5.07. The predicted octanol–water partition coefficient (Wildman–Crippen LogP) is 3.28. The standard InChI is InChI=1S/C11H16S/c1-3-5-6-7-8-9-11-12-10-4-2/h2H,3,5-8,10H2,1H3. The summed E-state index contributed by atoms with van der Waals surface area (Å²) in [5.41, 5.74) is 0. The average molecular weight is 180 g/mol. The lowest BCUT2D eigenvalue weighted by Crippen LogP contribution is -1.73. The van der Waals surface area contributed by atoms with E-state index in [0.29, 0.717) is 5.75 Å². The molecule has 0 aliphatic rings. The molecule has 0 saturated carbocycles. The first kappa shape index (κ1) is 11.5. The Morgan fingerprint density at radius 2 is 2.08 bits per heavy atom. The molecule has 0 fully saturated rings. The van der Waals surface area contributed by atoms with Gasteiger partial charge in [-0.2, -0.15) is 0 Å². The maximum absolute atomic E-state index is 5.07. The van der Waals surface area contributed by atoms with E-state index in [1.807, 2.05) is 0 Å². The van der Waals surface area contributed by atoms with Crippen molar-refractivity contribution in [1.82, 2.24) is 0 Å². The van der Waals surface area contributed by atoms with Crippen LogP contribution in [0.25, 0.3) is 0 Å². The number of hydrogen-bond donors (Lipinski definition) is 0. The van der Waals surface area contributed by atoms with Crippen LogP contribution in [0, 0.1) is 23.5 Å². The van der Waals surface area contributed by atoms with Gasteiger partial charge in [0.05, 0.1) is 5.75 Å². The van der Waals surface area contributed by atoms with E-state index in [1.54, 1.807) is 0 Å². The summed E-state index contributed by atoms with van der Waals surface area (Å²) in [7, 11) is 0. The van der Waals surface area contributed by atoms with Crippen molar-refractivity contribution in [3.8, 4) is 23.5 Å². The van der Waals surface area contributed by atoms with Gasteiger partial charge in [-0.25, -0.2) is 0 Å². The van der Waals surface area contributed by atoms with Gasteiger partial charge >= 0.3 is 0 Å². The molecule has 1 heteroatoms. The first-order chi connectivity index (χ1) is 5.91. The average Bonchev–Trinajstić information content (AvgIpc) is 2.10. The highest BCUT2D eigenvalue weighted by Crippen LogP contribution is 2.02. The third-order valence-corrected chi connectivity index (χ3v) is 2.05. The van der Waals surface area contributed by atoms with Gasteiger partial charge in [-0.05, 0) is 11.7 Å². The van der Waals surface area contributed by atoms with Gasteiger partial charge in [0.15, 0.2) is 0 Å². The number of terminal acetylenes is 1. The lowest BCUT2D eigenvalue weighted by Gasteiger charge is -1.91. The van der Waals surface area contributed by atoms with E-state index in [-0.39, 0.29) is 0 Å². The number of thioether (sulfide) groups is 1. The van der Waals surface area contributed by atoms with Gasteiger partial charge in [-0.15, -0.1) is 6.42 Å². The summed E-state index contributed by atoms with van der Waals surface area (Å²) in [4.78, 5) is 0. The monoisotopic (exact) mass is 180 g/mol. The van der Waals surface area contributed by atoms with Crippen LogP contribution in [0.2, 0.25) is 0 Å². The number of hydrogen-bond acceptors (Lipinski definition) is 1. The highest BCUT2D eigenvalue weighted by Gasteiger charge is 1.83. The van der Waals surface area contributed by atoms with E-state index in [2.05, 4.69) is 24.0 Å². The largest absolute Gasteiger partial charge is 0.119 e. The summed E-state index contributed by atoms with van der Waals surface area (Å²) < 4.78 is 0. The van der Waals surface area contributed by atoms with Crippen molar-refractivity contribution in [2.75, 3.05) is 5.75 Å². The van der Waals surface area contributed by atoms with Gasteiger partial charge in [-0.3, -0.25) is 0 Å². The topological polar surface area (TPSA) is 0 Å². The number of rotatable bonds is 5. The Balaban J connectivity index is 3.06. The van der Waals surface area contributed by atoms with Gasteiger partial charge in [-0.1, -0.05) is 49.8 Å². The summed E-state index contributed by atoms with van der Waals surface area (Å²) in [6.45, 7) is 2.22. The molecule has 12 heavy (non-hydrogen) atoms. The third-order valence-electron chi connectivity index (χ3n) is 1.46. The quantitative estimate of drug-likeness (QED) is 0.462. The summed E-state index contributed by atoms with van der Waals surface area (Å²) >= 11 is 1.52. The molecule has 0 N–H and O–H groups in total. The van der Waals surface area contributed by atoms with Crippen molar-refractivity contribution < 1.29 is 0 Å². The molecule has 0 amide bonds. The van der Waals surface area contributed by atoms with E-state index in [9.17, 15) is 0 Å². The molecule has 0 atom stereocenters. The Bertz CT molecular complexity index is 177. The molecule has 0 aliphatic heterocycles. The van der Waals surface area contributed by atoms with Gasteiger partial charge in [0, 0.05) is 6.42 Å². The second-order valence-electron chi connectivity index (χ2n) is 2.58. The Morgan fingerprint density at radius 3 is 2.75 bits per heavy atom. The molecule has 0 bridgehead atoms. The summed E-state index contributed by atoms with van der Waals surface area (Å²) in [6, 6.07) is 0. The molecule has 0 unspecified atom stereocenters. The Labute approximate surface area is 80.5 Å². The molecule has 66 valence electrons. The van der Waals surface area contributed by atoms with Crippen LogP contribution in [0.15, 0.2) is 0 Å². The van der Waals surface area contributed by atoms with Crippen molar-refractivity contribution in [1.29, 1.82) is 0 Å². The second kappa shape index (κ2) is 10.5. The molecule has 0 aromatic rings. The molecular formula is C11H16S. The molecule has 0 nitrogen and oxygen atoms in total. The van der Waals surface area contributed by atoms with Crippen LogP contribution in [0.1, 0.15) is 39.0 Å². The van der Waals surface area contributed by atoms with Gasteiger partial charge in [0.2, 0.25) is 0 Å². The first-order valence-electron chi connectivity index (χ1n) is 4.45. The van der Waals surface area contributed by atoms with Crippen molar-refractivity contribution in [2.45, 2.75) is 39.0 Å². The van der Waals surface area contributed by atoms with Crippen molar-refractivity contribution in [3.05, 3.63) is 0 Å². The van der Waals surface area contributed by atoms with Gasteiger partial charge < -0.3 is 0 Å². The van der Waals surface area contributed by atoms with Crippen LogP contribution in [0.5, 0.6) is 0 Å². The van der Waals surface area contributed by atoms with Gasteiger partial charge in [0.25, 0.3) is 0 Å². The molecule has 0 aliphatic carbocycles. The van der Waals surface area contributed by atoms with Crippen LogP contribution in [0.4, 0.5) is 0 Å². The minimum absolute atomic E-state index is 0.710. The molecule has 0 rings (SSSR count). The smallest absolute Gasteiger partial charge is 0.0668 e. The zero-order valence-electron chi connectivity index (χ0n) is 7.73. The highest BCUT2D eigenvalue weighted by molar-refractivity contribution is 8.04. The van der Waals surface area contributed by atoms with E-state index in [1.165, 1.54) is 37.4 Å². The van der Waals surface area contributed by atoms with Crippen LogP contribution in [-0.4, -0.2) is 5.75 Å². The molecule has 0 heterocycles. The van der Waals surface area contributed by atoms with Crippen molar-refractivity contribution in [3.63, 3.8) is 0 Å². The fourth-order valence-corrected chi connectivity index (χ4v) is 1.18. The van der Waals surface area contributed by atoms with E-state index >= 15 is 0 Å². The normalized spacial score (nSPS) is 8.33. The minimum Gasteiger partial charge on any atom is -0.119 e. The zero-order chi connectivity index (χ0) is 9.07. The first-order valence-corrected chi connectivity index (χ1v) is 5.43. The summed E-state index contributed by atoms with van der Waals surface area (Å²) in [5, 5.41) is 2.99. The Kier molecular flexibility index (Phi) is 10.0. The van der Waals surface area contributed by atoms with E-state index in [0.717, 1.165) is 6.42 Å². The Morgan fingerprint density at radius 1 is 1.25 bits per heavy atom. The lowest BCUT2D eigenvalue weighted by molar-refractivity contribution is 0.680. The van der Waals surface area contributed by atoms with Crippen LogP contribution in [-0.2, 0) is 0 Å². The Hall–Kier alpha value is -0.530. The van der Waals surface area contributed by atoms with Gasteiger partial charge in [0.1, 0.15) is 0 Å². The molecule has 0 aromatic heterocycles. The fourth-order valence-electron chi connectivity index (χ4n) is 0.820. The number of unbranched alkanes of at least 4 members (excludes halogenated alkanes) is 4. The van der Waals surface area contributed by atoms with Crippen LogP contribution >= 0.6 is 11.8 Å². The van der Waals surface area contributed by atoms with Crippen LogP contribution < -0.4 is 0 Å². The predicted molar refractivity (Wildman–Crippen MR) is 57.8 cm³/mol. The minimum atomic E-state index is 0.710. The molecule has 0 saturated heterocycles. The molecule has 0 spiro atoms. The summed E-state index contributed by atoms with van der Waals surface area (Å²) in [5.74, 6) is 6.35. The maximum Gasteiger partial charge on any atom is 0.0668 e. The summed E-state index contributed by atoms with van der Waals surface area (Å²) in [6.07, 6.45) is 11.3. The lowest BCUT2D eigenvalue weighted by atomic mass is 10.2. The zero-order valence-corrected chi connectivity index (χ0v) is 8.54. The molecule has 0 radical (unpaired) electrons. The third kappa shape index (κ3) is 9.47.